The lowest BCUT2D eigenvalue weighted by molar-refractivity contribution is -0.190. The van der Waals surface area contributed by atoms with E-state index in [-0.39, 0.29) is 25.7 Å². The number of halogens is 3. The Kier molecular flexibility index (Phi) is 4.05. The van der Waals surface area contributed by atoms with Crippen LogP contribution >= 0.6 is 0 Å². The monoisotopic (exact) mass is 262 g/mol. The summed E-state index contributed by atoms with van der Waals surface area (Å²) in [5.74, 6) is -1.22. The standard InChI is InChI=1S/C14H21F3O/c15-14(16,17)12-7-9-13(18,10-8-12)11-5-3-1-2-4-6-11/h5,12,18H,1-4,6-10H2. The number of alkyl halides is 3. The van der Waals surface area contributed by atoms with Crippen LogP contribution in [0.3, 0.4) is 0 Å². The van der Waals surface area contributed by atoms with Crippen LogP contribution in [0.4, 0.5) is 13.2 Å². The van der Waals surface area contributed by atoms with Gasteiger partial charge in [0.25, 0.3) is 0 Å². The van der Waals surface area contributed by atoms with Gasteiger partial charge in [0.05, 0.1) is 11.5 Å². The van der Waals surface area contributed by atoms with Crippen molar-refractivity contribution in [1.29, 1.82) is 0 Å². The summed E-state index contributed by atoms with van der Waals surface area (Å²) in [4.78, 5) is 0. The maximum Gasteiger partial charge on any atom is 0.391 e. The van der Waals surface area contributed by atoms with Crippen molar-refractivity contribution in [2.24, 2.45) is 5.92 Å². The van der Waals surface area contributed by atoms with E-state index >= 15 is 0 Å². The van der Waals surface area contributed by atoms with Crippen molar-refractivity contribution < 1.29 is 18.3 Å². The molecule has 0 atom stereocenters. The van der Waals surface area contributed by atoms with Gasteiger partial charge in [-0.3, -0.25) is 0 Å². The summed E-state index contributed by atoms with van der Waals surface area (Å²) in [6.45, 7) is 0. The average Bonchev–Trinajstić information content (AvgIpc) is 2.57. The molecule has 0 heterocycles. The first-order valence-electron chi connectivity index (χ1n) is 6.90. The van der Waals surface area contributed by atoms with Crippen molar-refractivity contribution in [1.82, 2.24) is 0 Å². The van der Waals surface area contributed by atoms with Gasteiger partial charge in [0.15, 0.2) is 0 Å². The fraction of sp³-hybridized carbons (Fsp3) is 0.857. The Labute approximate surface area is 106 Å². The summed E-state index contributed by atoms with van der Waals surface area (Å²) in [5.41, 5.74) is 0.0483. The number of allylic oxidation sites excluding steroid dienone is 1. The first-order valence-corrected chi connectivity index (χ1v) is 6.90. The molecule has 1 nitrogen and oxygen atoms in total. The SMILES string of the molecule is OC1(C2=CCCCCC2)CCC(C(F)(F)F)CC1. The molecule has 0 aromatic heterocycles. The second kappa shape index (κ2) is 5.24. The third-order valence-electron chi connectivity index (χ3n) is 4.41. The molecule has 1 fully saturated rings. The fourth-order valence-corrected chi connectivity index (χ4v) is 3.18. The Balaban J connectivity index is 2.00. The van der Waals surface area contributed by atoms with Gasteiger partial charge in [0, 0.05) is 0 Å². The topological polar surface area (TPSA) is 20.2 Å². The van der Waals surface area contributed by atoms with Gasteiger partial charge in [0.1, 0.15) is 0 Å². The zero-order valence-electron chi connectivity index (χ0n) is 10.6. The number of rotatable bonds is 1. The van der Waals surface area contributed by atoms with Crippen molar-refractivity contribution in [2.75, 3.05) is 0 Å². The molecule has 104 valence electrons. The van der Waals surface area contributed by atoms with E-state index in [4.69, 9.17) is 0 Å². The molecule has 4 heteroatoms. The van der Waals surface area contributed by atoms with Crippen LogP contribution in [0.25, 0.3) is 0 Å². The molecular formula is C14H21F3O. The predicted molar refractivity (Wildman–Crippen MR) is 64.1 cm³/mol. The summed E-state index contributed by atoms with van der Waals surface area (Å²) < 4.78 is 37.8. The molecule has 2 rings (SSSR count). The van der Waals surface area contributed by atoms with E-state index in [2.05, 4.69) is 6.08 Å². The minimum atomic E-state index is -4.10. The van der Waals surface area contributed by atoms with E-state index in [1.54, 1.807) is 0 Å². The van der Waals surface area contributed by atoms with E-state index in [1.807, 2.05) is 0 Å². The van der Waals surface area contributed by atoms with E-state index in [1.165, 1.54) is 0 Å². The van der Waals surface area contributed by atoms with Crippen molar-refractivity contribution in [3.05, 3.63) is 11.6 Å². The molecule has 0 aliphatic heterocycles. The van der Waals surface area contributed by atoms with Crippen LogP contribution in [0.5, 0.6) is 0 Å². The minimum absolute atomic E-state index is 0.0668. The predicted octanol–water partition coefficient (Wildman–Crippen LogP) is 4.36. The number of aliphatic hydroxyl groups is 1. The minimum Gasteiger partial charge on any atom is -0.386 e. The molecule has 0 saturated heterocycles. The van der Waals surface area contributed by atoms with E-state index in [0.717, 1.165) is 37.7 Å². The lowest BCUT2D eigenvalue weighted by Gasteiger charge is -2.38. The molecular weight excluding hydrogens is 241 g/mol. The Morgan fingerprint density at radius 1 is 1.11 bits per heavy atom. The van der Waals surface area contributed by atoms with Crippen LogP contribution in [-0.2, 0) is 0 Å². The molecule has 0 bridgehead atoms. The van der Waals surface area contributed by atoms with Crippen molar-refractivity contribution in [2.45, 2.75) is 69.6 Å². The van der Waals surface area contributed by atoms with Gasteiger partial charge >= 0.3 is 6.18 Å². The highest BCUT2D eigenvalue weighted by Gasteiger charge is 2.46. The van der Waals surface area contributed by atoms with Crippen molar-refractivity contribution >= 4 is 0 Å². The van der Waals surface area contributed by atoms with Crippen LogP contribution in [0.2, 0.25) is 0 Å². The summed E-state index contributed by atoms with van der Waals surface area (Å²) in [6, 6.07) is 0. The summed E-state index contributed by atoms with van der Waals surface area (Å²) in [7, 11) is 0. The normalized spacial score (nSPS) is 34.9. The lowest BCUT2D eigenvalue weighted by Crippen LogP contribution is -2.39. The quantitative estimate of drug-likeness (QED) is 0.696. The molecule has 0 amide bonds. The largest absolute Gasteiger partial charge is 0.391 e. The Morgan fingerprint density at radius 2 is 1.78 bits per heavy atom. The Bertz CT molecular complexity index is 311. The molecule has 1 N–H and O–H groups in total. The maximum absolute atomic E-state index is 12.6. The summed E-state index contributed by atoms with van der Waals surface area (Å²) >= 11 is 0. The Morgan fingerprint density at radius 3 is 2.39 bits per heavy atom. The van der Waals surface area contributed by atoms with Crippen LogP contribution < -0.4 is 0 Å². The third kappa shape index (κ3) is 3.08. The van der Waals surface area contributed by atoms with E-state index < -0.39 is 17.7 Å². The second-order valence-electron chi connectivity index (χ2n) is 5.68. The highest BCUT2D eigenvalue weighted by molar-refractivity contribution is 5.19. The van der Waals surface area contributed by atoms with Gasteiger partial charge in [-0.1, -0.05) is 12.5 Å². The highest BCUT2D eigenvalue weighted by atomic mass is 19.4. The van der Waals surface area contributed by atoms with Gasteiger partial charge in [-0.2, -0.15) is 13.2 Å². The highest BCUT2D eigenvalue weighted by Crippen LogP contribution is 2.45. The number of hydrogen-bond donors (Lipinski definition) is 1. The fourth-order valence-electron chi connectivity index (χ4n) is 3.18. The lowest BCUT2D eigenvalue weighted by atomic mass is 9.73. The third-order valence-corrected chi connectivity index (χ3v) is 4.41. The number of hydrogen-bond acceptors (Lipinski definition) is 1. The zero-order valence-corrected chi connectivity index (χ0v) is 10.6. The van der Waals surface area contributed by atoms with Crippen molar-refractivity contribution in [3.8, 4) is 0 Å². The van der Waals surface area contributed by atoms with Gasteiger partial charge in [-0.15, -0.1) is 0 Å². The first-order chi connectivity index (χ1) is 8.42. The smallest absolute Gasteiger partial charge is 0.386 e. The zero-order chi connectivity index (χ0) is 13.2. The molecule has 0 spiro atoms. The second-order valence-corrected chi connectivity index (χ2v) is 5.68. The van der Waals surface area contributed by atoms with Gasteiger partial charge in [-0.05, 0) is 56.9 Å². The molecule has 0 radical (unpaired) electrons. The molecule has 2 aliphatic rings. The maximum atomic E-state index is 12.6. The molecule has 0 unspecified atom stereocenters. The van der Waals surface area contributed by atoms with E-state index in [9.17, 15) is 18.3 Å². The summed E-state index contributed by atoms with van der Waals surface area (Å²) in [5, 5.41) is 10.6. The molecule has 2 aliphatic carbocycles. The average molecular weight is 262 g/mol. The Hall–Kier alpha value is -0.510. The summed E-state index contributed by atoms with van der Waals surface area (Å²) in [6.07, 6.45) is 3.79. The van der Waals surface area contributed by atoms with Gasteiger partial charge in [0.2, 0.25) is 0 Å². The molecule has 1 saturated carbocycles. The van der Waals surface area contributed by atoms with Gasteiger partial charge in [-0.25, -0.2) is 0 Å². The van der Waals surface area contributed by atoms with Crippen LogP contribution in [0.1, 0.15) is 57.8 Å². The van der Waals surface area contributed by atoms with E-state index in [0.29, 0.717) is 0 Å². The van der Waals surface area contributed by atoms with Crippen molar-refractivity contribution in [3.63, 3.8) is 0 Å². The molecule has 0 aromatic rings. The van der Waals surface area contributed by atoms with Crippen LogP contribution in [-0.4, -0.2) is 16.9 Å². The van der Waals surface area contributed by atoms with Crippen LogP contribution in [0, 0.1) is 5.92 Å². The molecule has 18 heavy (non-hydrogen) atoms. The first kappa shape index (κ1) is 13.9. The van der Waals surface area contributed by atoms with Crippen LogP contribution in [0.15, 0.2) is 11.6 Å². The van der Waals surface area contributed by atoms with Gasteiger partial charge < -0.3 is 5.11 Å². The molecule has 0 aromatic carbocycles.